The molecule has 0 fully saturated rings. The lowest BCUT2D eigenvalue weighted by molar-refractivity contribution is -0.419. The smallest absolute Gasteiger partial charge is 0.366 e. The van der Waals surface area contributed by atoms with Crippen LogP contribution in [-0.2, 0) is 22.7 Å². The van der Waals surface area contributed by atoms with Gasteiger partial charge in [-0.25, -0.2) is 18.7 Å². The first-order valence-corrected chi connectivity index (χ1v) is 12.3. The second-order valence-electron chi connectivity index (χ2n) is 8.54. The standard InChI is InChI=1S/C25H21BrClFN6O3/c1-13(2)22(29)25(35)36-12-34-24-18(6-7-31-32-24)20(33-34)8-14-4-5-19(26)23(21(14)28)37-17-10-15(27)9-16(11-17)30-3/h4-7,9-11,13,22H,8,12,29H2,1-2H3/p+1/t22-/m0/s1. The van der Waals surface area contributed by atoms with E-state index in [1.807, 2.05) is 13.8 Å². The molecule has 0 unspecified atom stereocenters. The van der Waals surface area contributed by atoms with Crippen LogP contribution < -0.4 is 10.5 Å². The zero-order valence-corrected chi connectivity index (χ0v) is 22.3. The summed E-state index contributed by atoms with van der Waals surface area (Å²) in [4.78, 5) is 15.6. The SMILES string of the molecule is [C-]#[N+]c1cc(Cl)cc(Oc2c(Br)ccc(Cc3nn(COC(=O)[C@@H]([NH3+])C(C)C)c4nnccc34)c2F)c1. The molecule has 0 saturated heterocycles. The van der Waals surface area contributed by atoms with Crippen LogP contribution in [0.4, 0.5) is 10.1 Å². The Bertz CT molecular complexity index is 1520. The van der Waals surface area contributed by atoms with E-state index in [4.69, 9.17) is 27.6 Å². The Morgan fingerprint density at radius 2 is 2.08 bits per heavy atom. The summed E-state index contributed by atoms with van der Waals surface area (Å²) < 4.78 is 28.6. The van der Waals surface area contributed by atoms with E-state index >= 15 is 4.39 Å². The van der Waals surface area contributed by atoms with Crippen molar-refractivity contribution in [2.45, 2.75) is 33.0 Å². The van der Waals surface area contributed by atoms with Gasteiger partial charge in [-0.05, 0) is 51.8 Å². The molecule has 3 N–H and O–H groups in total. The van der Waals surface area contributed by atoms with Gasteiger partial charge < -0.3 is 15.2 Å². The molecule has 0 aliphatic carbocycles. The van der Waals surface area contributed by atoms with Crippen LogP contribution in [0.15, 0.2) is 47.1 Å². The minimum Gasteiger partial charge on any atom is -0.454 e. The number of rotatable bonds is 8. The molecule has 0 saturated carbocycles. The van der Waals surface area contributed by atoms with Crippen LogP contribution in [-0.4, -0.2) is 32.0 Å². The number of halogens is 3. The Balaban J connectivity index is 1.63. The average molecular weight is 589 g/mol. The van der Waals surface area contributed by atoms with Gasteiger partial charge in [0.15, 0.2) is 35.7 Å². The fourth-order valence-corrected chi connectivity index (χ4v) is 4.09. The number of hydrogen-bond donors (Lipinski definition) is 1. The van der Waals surface area contributed by atoms with Crippen LogP contribution in [0.2, 0.25) is 5.02 Å². The summed E-state index contributed by atoms with van der Waals surface area (Å²) in [6, 6.07) is 8.94. The number of benzene rings is 2. The van der Waals surface area contributed by atoms with Gasteiger partial charge in [0.05, 0.1) is 22.9 Å². The topological polar surface area (TPSA) is 111 Å². The number of carbonyl (C=O) groups excluding carboxylic acids is 1. The molecule has 2 heterocycles. The molecule has 4 aromatic rings. The van der Waals surface area contributed by atoms with E-state index in [1.54, 1.807) is 18.2 Å². The molecule has 190 valence electrons. The van der Waals surface area contributed by atoms with Crippen molar-refractivity contribution in [1.29, 1.82) is 0 Å². The van der Waals surface area contributed by atoms with Crippen molar-refractivity contribution in [3.05, 3.63) is 80.6 Å². The number of hydrogen-bond acceptors (Lipinski definition) is 6. The Morgan fingerprint density at radius 3 is 2.81 bits per heavy atom. The van der Waals surface area contributed by atoms with Crippen LogP contribution in [0.3, 0.4) is 0 Å². The van der Waals surface area contributed by atoms with Crippen molar-refractivity contribution in [2.24, 2.45) is 5.92 Å². The molecule has 0 radical (unpaired) electrons. The number of fused-ring (bicyclic) bond motifs is 1. The van der Waals surface area contributed by atoms with Crippen LogP contribution in [0.25, 0.3) is 15.9 Å². The highest BCUT2D eigenvalue weighted by Crippen LogP contribution is 2.37. The van der Waals surface area contributed by atoms with Gasteiger partial charge in [0.2, 0.25) is 0 Å². The highest BCUT2D eigenvalue weighted by molar-refractivity contribution is 9.10. The van der Waals surface area contributed by atoms with E-state index in [0.29, 0.717) is 31.8 Å². The minimum atomic E-state index is -0.605. The normalized spacial score (nSPS) is 11.9. The summed E-state index contributed by atoms with van der Waals surface area (Å²) in [6.45, 7) is 10.8. The lowest BCUT2D eigenvalue weighted by Gasteiger charge is -2.12. The second-order valence-corrected chi connectivity index (χ2v) is 9.83. The van der Waals surface area contributed by atoms with E-state index in [9.17, 15) is 4.79 Å². The van der Waals surface area contributed by atoms with Gasteiger partial charge in [0.1, 0.15) is 5.75 Å². The molecule has 1 atom stereocenters. The van der Waals surface area contributed by atoms with E-state index in [-0.39, 0.29) is 36.3 Å². The molecule has 0 aliphatic heterocycles. The molecular weight excluding hydrogens is 567 g/mol. The number of carbonyl (C=O) groups is 1. The molecule has 37 heavy (non-hydrogen) atoms. The highest BCUT2D eigenvalue weighted by atomic mass is 79.9. The van der Waals surface area contributed by atoms with Crippen molar-refractivity contribution in [3.8, 4) is 11.5 Å². The van der Waals surface area contributed by atoms with Crippen molar-refractivity contribution < 1.29 is 24.4 Å². The average Bonchev–Trinajstić information content (AvgIpc) is 3.23. The summed E-state index contributed by atoms with van der Waals surface area (Å²) in [5, 5.41) is 13.5. The summed E-state index contributed by atoms with van der Waals surface area (Å²) in [5.74, 6) is -0.858. The van der Waals surface area contributed by atoms with Crippen LogP contribution in [0.1, 0.15) is 25.1 Å². The first kappa shape index (κ1) is 26.5. The van der Waals surface area contributed by atoms with Crippen molar-refractivity contribution in [1.82, 2.24) is 20.0 Å². The molecule has 2 aromatic carbocycles. The number of esters is 1. The molecule has 0 spiro atoms. The monoisotopic (exact) mass is 587 g/mol. The van der Waals surface area contributed by atoms with Crippen LogP contribution in [0, 0.1) is 18.3 Å². The number of ether oxygens (including phenoxy) is 2. The Labute approximate surface area is 225 Å². The Kier molecular flexibility index (Phi) is 8.02. The first-order chi connectivity index (χ1) is 17.7. The Morgan fingerprint density at radius 1 is 1.30 bits per heavy atom. The number of nitrogens with zero attached hydrogens (tertiary/aromatic N) is 5. The number of aromatic nitrogens is 4. The van der Waals surface area contributed by atoms with Gasteiger partial charge in [0, 0.05) is 22.7 Å². The number of quaternary nitrogens is 1. The molecule has 9 nitrogen and oxygen atoms in total. The largest absolute Gasteiger partial charge is 0.454 e. The van der Waals surface area contributed by atoms with Gasteiger partial charge >= 0.3 is 5.97 Å². The zero-order chi connectivity index (χ0) is 26.7. The van der Waals surface area contributed by atoms with Crippen LogP contribution >= 0.6 is 27.5 Å². The summed E-state index contributed by atoms with van der Waals surface area (Å²) in [5.41, 5.74) is 5.32. The van der Waals surface area contributed by atoms with Crippen molar-refractivity contribution in [2.75, 3.05) is 0 Å². The fourth-order valence-electron chi connectivity index (χ4n) is 3.48. The molecule has 0 bridgehead atoms. The molecule has 0 amide bonds. The molecule has 4 rings (SSSR count). The maximum absolute atomic E-state index is 15.6. The predicted octanol–water partition coefficient (Wildman–Crippen LogP) is 5.08. The van der Waals surface area contributed by atoms with Crippen molar-refractivity contribution >= 4 is 50.2 Å². The quantitative estimate of drug-likeness (QED) is 0.227. The molecular formula is C25H22BrClFN6O3+. The molecule has 0 aliphatic rings. The third kappa shape index (κ3) is 5.88. The van der Waals surface area contributed by atoms with E-state index < -0.39 is 17.8 Å². The minimum absolute atomic E-state index is 0.0221. The van der Waals surface area contributed by atoms with Gasteiger partial charge in [-0.1, -0.05) is 31.5 Å². The van der Waals surface area contributed by atoms with Crippen LogP contribution in [0.5, 0.6) is 11.5 Å². The third-order valence-corrected chi connectivity index (χ3v) is 6.47. The van der Waals surface area contributed by atoms with Gasteiger partial charge in [-0.15, -0.1) is 5.10 Å². The summed E-state index contributed by atoms with van der Waals surface area (Å²) in [7, 11) is 0. The van der Waals surface area contributed by atoms with Gasteiger partial charge in [0.25, 0.3) is 0 Å². The zero-order valence-electron chi connectivity index (χ0n) is 19.9. The van der Waals surface area contributed by atoms with E-state index in [0.717, 1.165) is 0 Å². The fraction of sp³-hybridized carbons (Fsp3) is 0.240. The second kappa shape index (κ2) is 11.2. The summed E-state index contributed by atoms with van der Waals surface area (Å²) in [6.07, 6.45) is 1.61. The third-order valence-electron chi connectivity index (χ3n) is 5.63. The molecule has 12 heteroatoms. The van der Waals surface area contributed by atoms with Gasteiger partial charge in [-0.3, -0.25) is 0 Å². The van der Waals surface area contributed by atoms with Gasteiger partial charge in [-0.2, -0.15) is 10.2 Å². The summed E-state index contributed by atoms with van der Waals surface area (Å²) >= 11 is 9.39. The van der Waals surface area contributed by atoms with E-state index in [2.05, 4.69) is 41.8 Å². The predicted molar refractivity (Wildman–Crippen MR) is 138 cm³/mol. The lowest BCUT2D eigenvalue weighted by atomic mass is 10.1. The maximum atomic E-state index is 15.6. The molecule has 2 aromatic heterocycles. The Hall–Kier alpha value is -3.59. The first-order valence-electron chi connectivity index (χ1n) is 11.2. The maximum Gasteiger partial charge on any atom is 0.366 e. The van der Waals surface area contributed by atoms with Crippen molar-refractivity contribution in [3.63, 3.8) is 0 Å². The lowest BCUT2D eigenvalue weighted by Crippen LogP contribution is -2.67. The highest BCUT2D eigenvalue weighted by Gasteiger charge is 2.24. The van der Waals surface area contributed by atoms with E-state index in [1.165, 1.54) is 29.1 Å².